The van der Waals surface area contributed by atoms with E-state index in [4.69, 9.17) is 11.6 Å². The van der Waals surface area contributed by atoms with Crippen LogP contribution in [0.1, 0.15) is 27.8 Å². The number of halogens is 1. The Hall–Kier alpha value is -3.20. The summed E-state index contributed by atoms with van der Waals surface area (Å²) in [7, 11) is -0.0874. The van der Waals surface area contributed by atoms with Crippen molar-refractivity contribution in [1.29, 1.82) is 0 Å². The average Bonchev–Trinajstić information content (AvgIpc) is 2.79. The number of carbonyl (C=O) groups excluding carboxylic acids is 1. The van der Waals surface area contributed by atoms with Gasteiger partial charge in [-0.15, -0.1) is 0 Å². The van der Waals surface area contributed by atoms with E-state index in [-0.39, 0.29) is 11.4 Å². The van der Waals surface area contributed by atoms with Crippen LogP contribution in [-0.4, -0.2) is 45.5 Å². The number of hydrogen-bond donors (Lipinski definition) is 1. The molecule has 0 saturated carbocycles. The summed E-state index contributed by atoms with van der Waals surface area (Å²) in [6.45, 7) is 5.06. The summed E-state index contributed by atoms with van der Waals surface area (Å²) in [6.07, 6.45) is 1.52. The number of rotatable bonds is 9. The molecule has 0 aliphatic heterocycles. The molecule has 9 heteroatoms. The van der Waals surface area contributed by atoms with E-state index in [0.29, 0.717) is 21.7 Å². The first-order valence-electron chi connectivity index (χ1n) is 11.4. The number of nitrogens with one attached hydrogen (secondary N) is 1. The van der Waals surface area contributed by atoms with Gasteiger partial charge in [-0.25, -0.2) is 13.8 Å². The Morgan fingerprint density at radius 3 is 2.11 bits per heavy atom. The van der Waals surface area contributed by atoms with Gasteiger partial charge in [0.25, 0.3) is 5.91 Å². The first kappa shape index (κ1) is 27.4. The van der Waals surface area contributed by atoms with Crippen molar-refractivity contribution in [2.45, 2.75) is 32.2 Å². The lowest BCUT2D eigenvalue weighted by Crippen LogP contribution is -2.39. The van der Waals surface area contributed by atoms with Crippen LogP contribution in [0.5, 0.6) is 0 Å². The van der Waals surface area contributed by atoms with E-state index in [2.05, 4.69) is 10.5 Å². The Morgan fingerprint density at radius 2 is 1.56 bits per heavy atom. The predicted molar refractivity (Wildman–Crippen MR) is 146 cm³/mol. The Morgan fingerprint density at radius 1 is 0.972 bits per heavy atom. The van der Waals surface area contributed by atoms with Crippen molar-refractivity contribution in [1.82, 2.24) is 9.73 Å². The van der Waals surface area contributed by atoms with Gasteiger partial charge in [0.2, 0.25) is 10.0 Å². The molecule has 36 heavy (non-hydrogen) atoms. The van der Waals surface area contributed by atoms with E-state index in [0.717, 1.165) is 21.1 Å². The maximum atomic E-state index is 13.8. The highest BCUT2D eigenvalue weighted by molar-refractivity contribution is 7.89. The minimum Gasteiger partial charge on any atom is -0.378 e. The Bertz CT molecular complexity index is 1330. The van der Waals surface area contributed by atoms with Crippen LogP contribution in [0.3, 0.4) is 0 Å². The third-order valence-corrected chi connectivity index (χ3v) is 7.96. The fourth-order valence-electron chi connectivity index (χ4n) is 3.95. The Labute approximate surface area is 218 Å². The second kappa shape index (κ2) is 11.7. The summed E-state index contributed by atoms with van der Waals surface area (Å²) in [5, 5.41) is 4.56. The van der Waals surface area contributed by atoms with Crippen molar-refractivity contribution in [2.24, 2.45) is 5.10 Å². The first-order valence-corrected chi connectivity index (χ1v) is 13.2. The zero-order valence-corrected chi connectivity index (χ0v) is 22.7. The number of hydrazone groups is 1. The zero-order valence-electron chi connectivity index (χ0n) is 21.1. The normalized spacial score (nSPS) is 11.8. The molecular weight excluding hydrogens is 496 g/mol. The summed E-state index contributed by atoms with van der Waals surface area (Å²) in [6, 6.07) is 18.2. The van der Waals surface area contributed by atoms with E-state index in [9.17, 15) is 13.2 Å². The summed E-state index contributed by atoms with van der Waals surface area (Å²) in [4.78, 5) is 15.0. The molecule has 3 aromatic rings. The Balaban J connectivity index is 1.83. The lowest BCUT2D eigenvalue weighted by atomic mass is 10.1. The number of sulfonamides is 1. The van der Waals surface area contributed by atoms with Crippen molar-refractivity contribution in [3.05, 3.63) is 93.5 Å². The molecule has 1 N–H and O–H groups in total. The van der Waals surface area contributed by atoms with Crippen molar-refractivity contribution in [3.63, 3.8) is 0 Å². The zero-order chi connectivity index (χ0) is 26.5. The van der Waals surface area contributed by atoms with Gasteiger partial charge in [0.05, 0.1) is 17.7 Å². The second-order valence-electron chi connectivity index (χ2n) is 8.91. The van der Waals surface area contributed by atoms with Crippen LogP contribution in [-0.2, 0) is 21.4 Å². The molecule has 3 rings (SSSR count). The van der Waals surface area contributed by atoms with Crippen LogP contribution in [0.2, 0.25) is 5.02 Å². The van der Waals surface area contributed by atoms with Crippen molar-refractivity contribution < 1.29 is 13.2 Å². The molecule has 1 amide bonds. The summed E-state index contributed by atoms with van der Waals surface area (Å²) in [5.41, 5.74) is 7.24. The van der Waals surface area contributed by atoms with E-state index < -0.39 is 22.5 Å². The number of aryl methyl sites for hydroxylation is 3. The van der Waals surface area contributed by atoms with Gasteiger partial charge in [0.1, 0.15) is 0 Å². The molecule has 0 saturated heterocycles. The standard InChI is InChI=1S/C27H31ClN4O3S/c1-19-14-20(2)27(21(3)15-19)36(34,35)32(17-23-6-10-24(28)11-7-23)18-26(33)30-29-16-22-8-12-25(13-9-22)31(4)5/h6-16H,17-18H2,1-5H3,(H,30,33)/b29-16+. The average molecular weight is 527 g/mol. The number of carbonyl (C=O) groups is 1. The fraction of sp³-hybridized carbons (Fsp3) is 0.259. The molecule has 0 atom stereocenters. The van der Waals surface area contributed by atoms with Crippen LogP contribution < -0.4 is 10.3 Å². The van der Waals surface area contributed by atoms with Gasteiger partial charge in [0.15, 0.2) is 0 Å². The molecular formula is C27H31ClN4O3S. The Kier molecular flexibility index (Phi) is 8.89. The molecule has 0 radical (unpaired) electrons. The smallest absolute Gasteiger partial charge is 0.255 e. The maximum Gasteiger partial charge on any atom is 0.255 e. The monoisotopic (exact) mass is 526 g/mol. The van der Waals surface area contributed by atoms with Crippen LogP contribution in [0.15, 0.2) is 70.7 Å². The van der Waals surface area contributed by atoms with Gasteiger partial charge < -0.3 is 4.90 Å². The van der Waals surface area contributed by atoms with Gasteiger partial charge >= 0.3 is 0 Å². The molecule has 0 aliphatic rings. The summed E-state index contributed by atoms with van der Waals surface area (Å²) >= 11 is 5.99. The predicted octanol–water partition coefficient (Wildman–Crippen LogP) is 4.67. The summed E-state index contributed by atoms with van der Waals surface area (Å²) < 4.78 is 28.7. The maximum absolute atomic E-state index is 13.8. The van der Waals surface area contributed by atoms with E-state index in [1.165, 1.54) is 6.21 Å². The van der Waals surface area contributed by atoms with E-state index in [1.807, 2.05) is 62.3 Å². The molecule has 0 aromatic heterocycles. The molecule has 0 unspecified atom stereocenters. The number of nitrogens with zero attached hydrogens (tertiary/aromatic N) is 3. The largest absolute Gasteiger partial charge is 0.378 e. The van der Waals surface area contributed by atoms with Crippen molar-refractivity contribution in [3.8, 4) is 0 Å². The third kappa shape index (κ3) is 6.94. The molecule has 0 fully saturated rings. The molecule has 0 aliphatic carbocycles. The van der Waals surface area contributed by atoms with E-state index >= 15 is 0 Å². The number of hydrogen-bond acceptors (Lipinski definition) is 5. The minimum absolute atomic E-state index is 0.00932. The lowest BCUT2D eigenvalue weighted by molar-refractivity contribution is -0.121. The minimum atomic E-state index is -3.99. The third-order valence-electron chi connectivity index (χ3n) is 5.61. The van der Waals surface area contributed by atoms with Gasteiger partial charge in [-0.3, -0.25) is 4.79 Å². The fourth-order valence-corrected chi connectivity index (χ4v) is 5.88. The highest BCUT2D eigenvalue weighted by Gasteiger charge is 2.30. The molecule has 0 spiro atoms. The summed E-state index contributed by atoms with van der Waals surface area (Å²) in [5.74, 6) is -0.545. The van der Waals surface area contributed by atoms with Gasteiger partial charge in [-0.1, -0.05) is 53.6 Å². The molecule has 190 valence electrons. The number of amides is 1. The SMILES string of the molecule is Cc1cc(C)c(S(=O)(=O)N(CC(=O)N/N=C/c2ccc(N(C)C)cc2)Cc2ccc(Cl)cc2)c(C)c1. The second-order valence-corrected chi connectivity index (χ2v) is 11.2. The molecule has 0 heterocycles. The van der Waals surface area contributed by atoms with Gasteiger partial charge in [0, 0.05) is 31.4 Å². The van der Waals surface area contributed by atoms with Crippen LogP contribution in [0.4, 0.5) is 5.69 Å². The van der Waals surface area contributed by atoms with Crippen LogP contribution in [0, 0.1) is 20.8 Å². The quantitative estimate of drug-likeness (QED) is 0.324. The molecule has 0 bridgehead atoms. The van der Waals surface area contributed by atoms with Gasteiger partial charge in [-0.05, 0) is 67.3 Å². The highest BCUT2D eigenvalue weighted by Crippen LogP contribution is 2.26. The molecule has 3 aromatic carbocycles. The van der Waals surface area contributed by atoms with Crippen LogP contribution >= 0.6 is 11.6 Å². The highest BCUT2D eigenvalue weighted by atomic mass is 35.5. The lowest BCUT2D eigenvalue weighted by Gasteiger charge is -2.24. The van der Waals surface area contributed by atoms with E-state index in [1.54, 1.807) is 38.1 Å². The topological polar surface area (TPSA) is 82.1 Å². The van der Waals surface area contributed by atoms with Crippen LogP contribution in [0.25, 0.3) is 0 Å². The van der Waals surface area contributed by atoms with Gasteiger partial charge in [-0.2, -0.15) is 9.41 Å². The first-order chi connectivity index (χ1) is 17.0. The number of anilines is 1. The number of benzene rings is 3. The molecule has 7 nitrogen and oxygen atoms in total. The van der Waals surface area contributed by atoms with Crippen molar-refractivity contribution >= 4 is 39.4 Å². The van der Waals surface area contributed by atoms with Crippen molar-refractivity contribution in [2.75, 3.05) is 25.5 Å².